The van der Waals surface area contributed by atoms with Gasteiger partial charge in [-0.05, 0) is 30.3 Å². The quantitative estimate of drug-likeness (QED) is 0.875. The van der Waals surface area contributed by atoms with E-state index in [4.69, 9.17) is 9.15 Å². The minimum atomic E-state index is -4.51. The molecule has 0 aliphatic heterocycles. The fourth-order valence-corrected chi connectivity index (χ4v) is 1.70. The standard InChI is InChI=1S/C15H13F3N2O4/c16-15(17,18)10-3-1-4-11(7-10)24-9-13(21)20-14(22)19-8-12-5-2-6-23-12/h1-7H,8-9H2,(H2,19,20,21,22). The van der Waals surface area contributed by atoms with Gasteiger partial charge in [-0.1, -0.05) is 6.07 Å². The van der Waals surface area contributed by atoms with Gasteiger partial charge in [-0.15, -0.1) is 0 Å². The van der Waals surface area contributed by atoms with Crippen LogP contribution in [0, 0.1) is 0 Å². The molecule has 0 saturated carbocycles. The fraction of sp³-hybridized carbons (Fsp3) is 0.200. The summed E-state index contributed by atoms with van der Waals surface area (Å²) in [6.45, 7) is -0.518. The van der Waals surface area contributed by atoms with Crippen LogP contribution in [0.25, 0.3) is 0 Å². The Bertz CT molecular complexity index is 699. The molecule has 128 valence electrons. The Labute approximate surface area is 134 Å². The lowest BCUT2D eigenvalue weighted by atomic mass is 10.2. The molecular formula is C15H13F3N2O4. The van der Waals surface area contributed by atoms with E-state index < -0.39 is 30.3 Å². The van der Waals surface area contributed by atoms with Crippen LogP contribution >= 0.6 is 0 Å². The third-order valence-corrected chi connectivity index (χ3v) is 2.79. The Morgan fingerprint density at radius 1 is 1.17 bits per heavy atom. The van der Waals surface area contributed by atoms with Gasteiger partial charge >= 0.3 is 12.2 Å². The van der Waals surface area contributed by atoms with Crippen molar-refractivity contribution in [1.82, 2.24) is 10.6 Å². The van der Waals surface area contributed by atoms with Crippen molar-refractivity contribution in [3.8, 4) is 5.75 Å². The van der Waals surface area contributed by atoms with E-state index in [1.165, 1.54) is 12.3 Å². The highest BCUT2D eigenvalue weighted by Crippen LogP contribution is 2.31. The SMILES string of the molecule is O=C(COc1cccc(C(F)(F)F)c1)NC(=O)NCc1ccco1. The van der Waals surface area contributed by atoms with E-state index in [0.29, 0.717) is 5.76 Å². The second-order valence-corrected chi connectivity index (χ2v) is 4.62. The van der Waals surface area contributed by atoms with Crippen LogP contribution in [0.4, 0.5) is 18.0 Å². The summed E-state index contributed by atoms with van der Waals surface area (Å²) in [4.78, 5) is 23.0. The second kappa shape index (κ2) is 7.53. The molecule has 1 aromatic carbocycles. The van der Waals surface area contributed by atoms with Crippen molar-refractivity contribution >= 4 is 11.9 Å². The maximum absolute atomic E-state index is 12.5. The molecular weight excluding hydrogens is 329 g/mol. The molecule has 0 aliphatic carbocycles. The number of halogens is 3. The monoisotopic (exact) mass is 342 g/mol. The van der Waals surface area contributed by atoms with Crippen molar-refractivity contribution in [3.05, 3.63) is 54.0 Å². The lowest BCUT2D eigenvalue weighted by Gasteiger charge is -2.10. The first kappa shape index (κ1) is 17.4. The van der Waals surface area contributed by atoms with Crippen LogP contribution in [0.3, 0.4) is 0 Å². The normalized spacial score (nSPS) is 11.0. The lowest BCUT2D eigenvalue weighted by Crippen LogP contribution is -2.41. The van der Waals surface area contributed by atoms with Crippen LogP contribution in [-0.4, -0.2) is 18.5 Å². The third-order valence-electron chi connectivity index (χ3n) is 2.79. The number of rotatable bonds is 5. The molecule has 2 rings (SSSR count). The number of carbonyl (C=O) groups is 2. The predicted molar refractivity (Wildman–Crippen MR) is 76.0 cm³/mol. The Morgan fingerprint density at radius 3 is 2.62 bits per heavy atom. The summed E-state index contributed by atoms with van der Waals surface area (Å²) < 4.78 is 47.6. The number of benzene rings is 1. The number of alkyl halides is 3. The van der Waals surface area contributed by atoms with Crippen molar-refractivity contribution in [3.63, 3.8) is 0 Å². The van der Waals surface area contributed by atoms with E-state index in [2.05, 4.69) is 5.32 Å². The molecule has 1 aromatic heterocycles. The van der Waals surface area contributed by atoms with E-state index in [1.54, 1.807) is 12.1 Å². The van der Waals surface area contributed by atoms with Gasteiger partial charge in [0.15, 0.2) is 6.61 Å². The Hall–Kier alpha value is -2.97. The molecule has 3 amide bonds. The fourth-order valence-electron chi connectivity index (χ4n) is 1.70. The Kier molecular flexibility index (Phi) is 5.46. The number of imide groups is 1. The highest BCUT2D eigenvalue weighted by Gasteiger charge is 2.30. The third kappa shape index (κ3) is 5.34. The van der Waals surface area contributed by atoms with Gasteiger partial charge in [0.1, 0.15) is 11.5 Å². The maximum atomic E-state index is 12.5. The number of amides is 3. The van der Waals surface area contributed by atoms with Gasteiger partial charge in [-0.3, -0.25) is 10.1 Å². The first-order valence-corrected chi connectivity index (χ1v) is 6.75. The summed E-state index contributed by atoms with van der Waals surface area (Å²) in [6.07, 6.45) is -3.07. The summed E-state index contributed by atoms with van der Waals surface area (Å²) in [6, 6.07) is 6.59. The Balaban J connectivity index is 1.77. The molecule has 2 N–H and O–H groups in total. The summed E-state index contributed by atoms with van der Waals surface area (Å²) >= 11 is 0. The molecule has 1 heterocycles. The number of hydrogen-bond acceptors (Lipinski definition) is 4. The smallest absolute Gasteiger partial charge is 0.416 e. The van der Waals surface area contributed by atoms with Crippen LogP contribution in [0.1, 0.15) is 11.3 Å². The van der Waals surface area contributed by atoms with Gasteiger partial charge in [-0.25, -0.2) is 4.79 Å². The molecule has 0 aliphatic rings. The van der Waals surface area contributed by atoms with Crippen molar-refractivity contribution < 1.29 is 31.9 Å². The van der Waals surface area contributed by atoms with Crippen molar-refractivity contribution in [1.29, 1.82) is 0 Å². The molecule has 0 bridgehead atoms. The van der Waals surface area contributed by atoms with Gasteiger partial charge in [0.2, 0.25) is 0 Å². The van der Waals surface area contributed by atoms with Gasteiger partial charge in [0, 0.05) is 0 Å². The molecule has 0 saturated heterocycles. The second-order valence-electron chi connectivity index (χ2n) is 4.62. The predicted octanol–water partition coefficient (Wildman–Crippen LogP) is 2.70. The van der Waals surface area contributed by atoms with Crippen LogP contribution in [0.15, 0.2) is 47.1 Å². The first-order chi connectivity index (χ1) is 11.3. The van der Waals surface area contributed by atoms with E-state index in [9.17, 15) is 22.8 Å². The Morgan fingerprint density at radius 2 is 1.96 bits per heavy atom. The molecule has 0 fully saturated rings. The van der Waals surface area contributed by atoms with E-state index in [-0.39, 0.29) is 12.3 Å². The molecule has 0 radical (unpaired) electrons. The number of hydrogen-bond donors (Lipinski definition) is 2. The lowest BCUT2D eigenvalue weighted by molar-refractivity contribution is -0.137. The van der Waals surface area contributed by atoms with Gasteiger partial charge in [0.05, 0.1) is 18.4 Å². The number of ether oxygens (including phenoxy) is 1. The summed E-state index contributed by atoms with van der Waals surface area (Å²) in [5, 5.41) is 4.35. The van der Waals surface area contributed by atoms with E-state index >= 15 is 0 Å². The number of nitrogens with one attached hydrogen (secondary N) is 2. The molecule has 0 spiro atoms. The highest BCUT2D eigenvalue weighted by atomic mass is 19.4. The number of furan rings is 1. The molecule has 9 heteroatoms. The summed E-state index contributed by atoms with van der Waals surface area (Å²) in [5.74, 6) is -0.432. The van der Waals surface area contributed by atoms with Crippen LogP contribution in [0.2, 0.25) is 0 Å². The molecule has 24 heavy (non-hydrogen) atoms. The summed E-state index contributed by atoms with van der Waals surface area (Å²) in [5.41, 5.74) is -0.892. The highest BCUT2D eigenvalue weighted by molar-refractivity contribution is 5.94. The van der Waals surface area contributed by atoms with Crippen LogP contribution < -0.4 is 15.4 Å². The van der Waals surface area contributed by atoms with Crippen LogP contribution in [-0.2, 0) is 17.5 Å². The van der Waals surface area contributed by atoms with E-state index in [0.717, 1.165) is 18.2 Å². The zero-order valence-electron chi connectivity index (χ0n) is 12.2. The topological polar surface area (TPSA) is 80.6 Å². The van der Waals surface area contributed by atoms with Crippen molar-refractivity contribution in [2.24, 2.45) is 0 Å². The molecule has 2 aromatic rings. The average molecular weight is 342 g/mol. The molecule has 6 nitrogen and oxygen atoms in total. The zero-order valence-corrected chi connectivity index (χ0v) is 12.2. The number of carbonyl (C=O) groups excluding carboxylic acids is 2. The first-order valence-electron chi connectivity index (χ1n) is 6.75. The van der Waals surface area contributed by atoms with Gasteiger partial charge in [-0.2, -0.15) is 13.2 Å². The van der Waals surface area contributed by atoms with E-state index in [1.807, 2.05) is 5.32 Å². The zero-order chi connectivity index (χ0) is 17.6. The molecule has 0 atom stereocenters. The largest absolute Gasteiger partial charge is 0.484 e. The minimum absolute atomic E-state index is 0.0839. The van der Waals surface area contributed by atoms with Gasteiger partial charge < -0.3 is 14.5 Å². The van der Waals surface area contributed by atoms with Crippen molar-refractivity contribution in [2.45, 2.75) is 12.7 Å². The van der Waals surface area contributed by atoms with Crippen molar-refractivity contribution in [2.75, 3.05) is 6.61 Å². The minimum Gasteiger partial charge on any atom is -0.484 e. The average Bonchev–Trinajstić information content (AvgIpc) is 3.04. The molecule has 0 unspecified atom stereocenters. The maximum Gasteiger partial charge on any atom is 0.416 e. The van der Waals surface area contributed by atoms with Crippen LogP contribution in [0.5, 0.6) is 5.75 Å². The summed E-state index contributed by atoms with van der Waals surface area (Å²) in [7, 11) is 0. The van der Waals surface area contributed by atoms with Gasteiger partial charge in [0.25, 0.3) is 5.91 Å². The number of urea groups is 1.